The number of nitrogens with one attached hydrogen (secondary N) is 1. The Morgan fingerprint density at radius 3 is 2.56 bits per heavy atom. The van der Waals surface area contributed by atoms with Gasteiger partial charge in [0.2, 0.25) is 11.8 Å². The van der Waals surface area contributed by atoms with Crippen LogP contribution in [0.15, 0.2) is 40.4 Å². The third-order valence-electron chi connectivity index (χ3n) is 8.00. The quantitative estimate of drug-likeness (QED) is 0.343. The van der Waals surface area contributed by atoms with Gasteiger partial charge in [0.1, 0.15) is 24.3 Å². The second-order valence-corrected chi connectivity index (χ2v) is 12.3. The predicted molar refractivity (Wildman–Crippen MR) is 152 cm³/mol. The monoisotopic (exact) mass is 580 g/mol. The molecule has 0 radical (unpaired) electrons. The zero-order valence-electron chi connectivity index (χ0n) is 23.6. The molecule has 3 heterocycles. The van der Waals surface area contributed by atoms with Gasteiger partial charge in [-0.15, -0.1) is 11.3 Å². The minimum Gasteiger partial charge on any atom is -0.472 e. The number of thiazole rings is 1. The summed E-state index contributed by atoms with van der Waals surface area (Å²) in [6.07, 6.45) is 1.44. The number of amides is 2. The maximum absolute atomic E-state index is 13.8. The number of carbonyl (C=O) groups excluding carboxylic acids is 3. The van der Waals surface area contributed by atoms with E-state index in [9.17, 15) is 19.5 Å². The largest absolute Gasteiger partial charge is 0.472 e. The number of β-amino-alcohol motifs (C(OH)–C–C–N with tert-alkyl or cyclic N) is 1. The third-order valence-corrected chi connectivity index (χ3v) is 8.98. The van der Waals surface area contributed by atoms with E-state index in [4.69, 9.17) is 9.26 Å². The number of benzene rings is 1. The number of aldehydes is 1. The normalized spacial score (nSPS) is 23.6. The van der Waals surface area contributed by atoms with Crippen LogP contribution in [-0.2, 0) is 14.4 Å². The van der Waals surface area contributed by atoms with Gasteiger partial charge in [0.15, 0.2) is 5.76 Å². The number of hydrogen-bond donors (Lipinski definition) is 2. The van der Waals surface area contributed by atoms with Gasteiger partial charge in [0.25, 0.3) is 5.88 Å². The van der Waals surface area contributed by atoms with E-state index in [-0.39, 0.29) is 54.6 Å². The average Bonchev–Trinajstić information content (AvgIpc) is 3.66. The molecule has 218 valence electrons. The van der Waals surface area contributed by atoms with Gasteiger partial charge < -0.3 is 29.4 Å². The minimum absolute atomic E-state index is 0.0103. The van der Waals surface area contributed by atoms with Gasteiger partial charge in [0.05, 0.1) is 28.2 Å². The SMILES string of the molecule is Cc1ncsc1-c1ccc([C@H](C)NC(=O)[C@@H]2C[C@@H](O)CN2C(=O)[C@@H](c2cc(O[C@H]3C[C@H](C=O)C3)no2)C(C)C)cc1. The van der Waals surface area contributed by atoms with Crippen molar-refractivity contribution < 1.29 is 28.8 Å². The zero-order valence-corrected chi connectivity index (χ0v) is 24.5. The average molecular weight is 581 g/mol. The molecular formula is C30H36N4O6S. The number of aromatic nitrogens is 2. The summed E-state index contributed by atoms with van der Waals surface area (Å²) in [6.45, 7) is 7.73. The molecule has 2 aliphatic rings. The van der Waals surface area contributed by atoms with Gasteiger partial charge in [-0.2, -0.15) is 0 Å². The number of aliphatic hydroxyl groups is 1. The fraction of sp³-hybridized carbons (Fsp3) is 0.500. The number of rotatable bonds is 10. The van der Waals surface area contributed by atoms with E-state index in [2.05, 4.69) is 15.5 Å². The molecular weight excluding hydrogens is 544 g/mol. The van der Waals surface area contributed by atoms with Gasteiger partial charge in [0, 0.05) is 24.9 Å². The predicted octanol–water partition coefficient (Wildman–Crippen LogP) is 4.04. The van der Waals surface area contributed by atoms with Crippen LogP contribution in [0.1, 0.15) is 69.0 Å². The van der Waals surface area contributed by atoms with Crippen LogP contribution in [0.25, 0.3) is 10.4 Å². The maximum atomic E-state index is 13.8. The number of carbonyl (C=O) groups is 3. The van der Waals surface area contributed by atoms with E-state index in [0.29, 0.717) is 18.6 Å². The number of ether oxygens (including phenoxy) is 1. The van der Waals surface area contributed by atoms with Crippen LogP contribution < -0.4 is 10.1 Å². The van der Waals surface area contributed by atoms with Crippen molar-refractivity contribution in [2.24, 2.45) is 11.8 Å². The van der Waals surface area contributed by atoms with Crippen LogP contribution in [0, 0.1) is 18.8 Å². The first kappa shape index (κ1) is 28.9. The molecule has 2 aromatic heterocycles. The molecule has 5 rings (SSSR count). The minimum atomic E-state index is -0.811. The lowest BCUT2D eigenvalue weighted by molar-refractivity contribution is -0.141. The number of aryl methyl sites for hydroxylation is 1. The number of nitrogens with zero attached hydrogens (tertiary/aromatic N) is 3. The third kappa shape index (κ3) is 6.20. The van der Waals surface area contributed by atoms with E-state index in [1.165, 1.54) is 4.90 Å². The molecule has 1 saturated heterocycles. The summed E-state index contributed by atoms with van der Waals surface area (Å²) < 4.78 is 11.3. The van der Waals surface area contributed by atoms with Crippen molar-refractivity contribution in [1.29, 1.82) is 0 Å². The Bertz CT molecular complexity index is 1380. The highest BCUT2D eigenvalue weighted by molar-refractivity contribution is 7.13. The van der Waals surface area contributed by atoms with Crippen molar-refractivity contribution in [3.63, 3.8) is 0 Å². The Morgan fingerprint density at radius 1 is 1.20 bits per heavy atom. The molecule has 2 amide bonds. The van der Waals surface area contributed by atoms with E-state index in [1.807, 2.05) is 57.5 Å². The highest BCUT2D eigenvalue weighted by Gasteiger charge is 2.43. The van der Waals surface area contributed by atoms with Gasteiger partial charge in [-0.05, 0) is 48.9 Å². The molecule has 1 aliphatic heterocycles. The molecule has 0 bridgehead atoms. The first-order valence-corrected chi connectivity index (χ1v) is 14.9. The molecule has 4 atom stereocenters. The van der Waals surface area contributed by atoms with Crippen LogP contribution in [0.4, 0.5) is 0 Å². The second kappa shape index (κ2) is 12.1. The summed E-state index contributed by atoms with van der Waals surface area (Å²) in [5, 5.41) is 17.5. The van der Waals surface area contributed by atoms with Crippen molar-refractivity contribution in [3.05, 3.63) is 52.9 Å². The van der Waals surface area contributed by atoms with Crippen molar-refractivity contribution in [1.82, 2.24) is 20.4 Å². The molecule has 11 heteroatoms. The topological polar surface area (TPSA) is 135 Å². The van der Waals surface area contributed by atoms with Crippen LogP contribution in [0.3, 0.4) is 0 Å². The molecule has 41 heavy (non-hydrogen) atoms. The van der Waals surface area contributed by atoms with Crippen molar-refractivity contribution in [2.75, 3.05) is 6.54 Å². The van der Waals surface area contributed by atoms with Gasteiger partial charge in [-0.25, -0.2) is 4.98 Å². The molecule has 1 aliphatic carbocycles. The Balaban J connectivity index is 1.25. The summed E-state index contributed by atoms with van der Waals surface area (Å²) in [4.78, 5) is 45.0. The molecule has 0 spiro atoms. The fourth-order valence-electron chi connectivity index (χ4n) is 5.57. The summed E-state index contributed by atoms with van der Waals surface area (Å²) in [5.74, 6) is -0.858. The van der Waals surface area contributed by atoms with Crippen LogP contribution in [-0.4, -0.2) is 63.0 Å². The number of likely N-dealkylation sites (tertiary alicyclic amines) is 1. The van der Waals surface area contributed by atoms with Crippen molar-refractivity contribution >= 4 is 29.4 Å². The smallest absolute Gasteiger partial charge is 0.254 e. The Morgan fingerprint density at radius 2 is 1.93 bits per heavy atom. The van der Waals surface area contributed by atoms with Crippen molar-refractivity contribution in [3.8, 4) is 16.3 Å². The molecule has 2 fully saturated rings. The van der Waals surface area contributed by atoms with E-state index >= 15 is 0 Å². The van der Waals surface area contributed by atoms with E-state index in [1.54, 1.807) is 17.4 Å². The Hall–Kier alpha value is -3.57. The van der Waals surface area contributed by atoms with Crippen LogP contribution >= 0.6 is 11.3 Å². The van der Waals surface area contributed by atoms with E-state index < -0.39 is 18.1 Å². The Kier molecular flexibility index (Phi) is 8.55. The molecule has 1 saturated carbocycles. The second-order valence-electron chi connectivity index (χ2n) is 11.4. The lowest BCUT2D eigenvalue weighted by Crippen LogP contribution is -2.48. The lowest BCUT2D eigenvalue weighted by Gasteiger charge is -2.30. The highest BCUT2D eigenvalue weighted by atomic mass is 32.1. The molecule has 0 unspecified atom stereocenters. The lowest BCUT2D eigenvalue weighted by atomic mass is 9.83. The summed E-state index contributed by atoms with van der Waals surface area (Å²) >= 11 is 1.59. The number of aliphatic hydroxyl groups excluding tert-OH is 1. The zero-order chi connectivity index (χ0) is 29.3. The maximum Gasteiger partial charge on any atom is 0.254 e. The summed E-state index contributed by atoms with van der Waals surface area (Å²) in [6, 6.07) is 8.49. The van der Waals surface area contributed by atoms with Gasteiger partial charge >= 0.3 is 0 Å². The molecule has 3 aromatic rings. The summed E-state index contributed by atoms with van der Waals surface area (Å²) in [7, 11) is 0. The standard InChI is InChI=1S/C30H36N4O6S/c1-16(2)27(25-12-26(33-40-25)39-23-9-19(10-23)14-35)30(38)34-13-22(36)11-24(34)29(37)32-17(3)20-5-7-21(8-6-20)28-18(4)31-15-41-28/h5-8,12,14-17,19,22-24,27,36H,9-11,13H2,1-4H3,(H,32,37)/t17-,19-,22+,23-,24-,27+/m0/s1. The molecule has 2 N–H and O–H groups in total. The highest BCUT2D eigenvalue weighted by Crippen LogP contribution is 2.35. The first-order chi connectivity index (χ1) is 19.6. The molecule has 10 nitrogen and oxygen atoms in total. The Labute approximate surface area is 243 Å². The molecule has 1 aromatic carbocycles. The number of hydrogen-bond acceptors (Lipinski definition) is 9. The van der Waals surface area contributed by atoms with E-state index in [0.717, 1.165) is 28.0 Å². The first-order valence-electron chi connectivity index (χ1n) is 14.0. The van der Waals surface area contributed by atoms with Crippen LogP contribution in [0.5, 0.6) is 5.88 Å². The fourth-order valence-corrected chi connectivity index (χ4v) is 6.39. The van der Waals surface area contributed by atoms with Gasteiger partial charge in [-0.1, -0.05) is 38.1 Å². The van der Waals surface area contributed by atoms with Gasteiger partial charge in [-0.3, -0.25) is 9.59 Å². The summed E-state index contributed by atoms with van der Waals surface area (Å²) in [5.41, 5.74) is 4.81. The van der Waals surface area contributed by atoms with Crippen LogP contribution in [0.2, 0.25) is 0 Å². The van der Waals surface area contributed by atoms with Crippen molar-refractivity contribution in [2.45, 2.75) is 77.2 Å².